The van der Waals surface area contributed by atoms with E-state index in [0.29, 0.717) is 6.54 Å². The topological polar surface area (TPSA) is 57.5 Å². The summed E-state index contributed by atoms with van der Waals surface area (Å²) in [5.41, 5.74) is 2.17. The van der Waals surface area contributed by atoms with E-state index >= 15 is 0 Å². The van der Waals surface area contributed by atoms with Crippen molar-refractivity contribution in [1.29, 1.82) is 0 Å². The van der Waals surface area contributed by atoms with Gasteiger partial charge in [0, 0.05) is 57.7 Å². The third kappa shape index (κ3) is 2.99. The maximum absolute atomic E-state index is 12.6. The van der Waals surface area contributed by atoms with E-state index in [4.69, 9.17) is 0 Å². The quantitative estimate of drug-likeness (QED) is 0.839. The summed E-state index contributed by atoms with van der Waals surface area (Å²) in [6.07, 6.45) is 5.75. The fourth-order valence-electron chi connectivity index (χ4n) is 3.62. The Morgan fingerprint density at radius 2 is 2.12 bits per heavy atom. The van der Waals surface area contributed by atoms with Crippen molar-refractivity contribution in [3.63, 3.8) is 0 Å². The standard InChI is InChI=1S/C17H22N6O/c1-20-9-14(8-19-20)10-21-6-7-23-16(12-21)13-22(17(23)24)11-15-4-2-3-5-18-15/h2-5,8-9,16H,6-7,10-13H2,1H3/t16-/m1/s1. The van der Waals surface area contributed by atoms with Gasteiger partial charge in [-0.05, 0) is 12.1 Å². The molecule has 2 aromatic rings. The predicted molar refractivity (Wildman–Crippen MR) is 89.0 cm³/mol. The number of carbonyl (C=O) groups excluding carboxylic acids is 1. The van der Waals surface area contributed by atoms with Crippen LogP contribution in [-0.2, 0) is 20.1 Å². The van der Waals surface area contributed by atoms with E-state index in [9.17, 15) is 4.79 Å². The predicted octanol–water partition coefficient (Wildman–Crippen LogP) is 0.937. The Balaban J connectivity index is 1.39. The van der Waals surface area contributed by atoms with Crippen molar-refractivity contribution in [3.05, 3.63) is 48.0 Å². The van der Waals surface area contributed by atoms with Gasteiger partial charge in [0.15, 0.2) is 0 Å². The Morgan fingerprint density at radius 3 is 2.88 bits per heavy atom. The monoisotopic (exact) mass is 326 g/mol. The molecule has 2 saturated heterocycles. The third-order valence-electron chi connectivity index (χ3n) is 4.76. The number of pyridine rings is 1. The molecule has 7 nitrogen and oxygen atoms in total. The van der Waals surface area contributed by atoms with Crippen LogP contribution >= 0.6 is 0 Å². The summed E-state index contributed by atoms with van der Waals surface area (Å²) in [4.78, 5) is 23.3. The van der Waals surface area contributed by atoms with E-state index in [-0.39, 0.29) is 12.1 Å². The van der Waals surface area contributed by atoms with E-state index in [1.165, 1.54) is 5.56 Å². The number of amides is 2. The van der Waals surface area contributed by atoms with Gasteiger partial charge in [0.25, 0.3) is 0 Å². The molecule has 2 amide bonds. The number of piperazine rings is 1. The van der Waals surface area contributed by atoms with Crippen molar-refractivity contribution in [1.82, 2.24) is 29.5 Å². The largest absolute Gasteiger partial charge is 0.320 e. The number of urea groups is 1. The van der Waals surface area contributed by atoms with Gasteiger partial charge in [0.2, 0.25) is 0 Å². The summed E-state index contributed by atoms with van der Waals surface area (Å²) in [7, 11) is 1.94. The van der Waals surface area contributed by atoms with Crippen molar-refractivity contribution in [3.8, 4) is 0 Å². The first-order valence-corrected chi connectivity index (χ1v) is 8.34. The van der Waals surface area contributed by atoms with Crippen LogP contribution in [0.2, 0.25) is 0 Å². The van der Waals surface area contributed by atoms with Crippen molar-refractivity contribution in [2.75, 3.05) is 26.2 Å². The molecule has 1 atom stereocenters. The Hall–Kier alpha value is -2.41. The molecule has 0 unspecified atom stereocenters. The molecule has 2 fully saturated rings. The second-order valence-corrected chi connectivity index (χ2v) is 6.59. The molecule has 4 rings (SSSR count). The van der Waals surface area contributed by atoms with Crippen molar-refractivity contribution >= 4 is 6.03 Å². The number of aromatic nitrogens is 3. The minimum absolute atomic E-state index is 0.145. The highest BCUT2D eigenvalue weighted by Crippen LogP contribution is 2.23. The summed E-state index contributed by atoms with van der Waals surface area (Å²) in [5, 5.41) is 4.23. The molecular weight excluding hydrogens is 304 g/mol. The molecule has 0 bridgehead atoms. The minimum Gasteiger partial charge on any atom is -0.317 e. The maximum atomic E-state index is 12.6. The Labute approximate surface area is 141 Å². The highest BCUT2D eigenvalue weighted by Gasteiger charge is 2.40. The lowest BCUT2D eigenvalue weighted by molar-refractivity contribution is 0.116. The minimum atomic E-state index is 0.145. The number of hydrogen-bond donors (Lipinski definition) is 0. The SMILES string of the molecule is Cn1cc(CN2CCN3C(=O)N(Cc4ccccn4)C[C@H]3C2)cn1. The van der Waals surface area contributed by atoms with Gasteiger partial charge in [-0.2, -0.15) is 5.10 Å². The third-order valence-corrected chi connectivity index (χ3v) is 4.76. The van der Waals surface area contributed by atoms with Gasteiger partial charge in [-0.1, -0.05) is 6.07 Å². The second-order valence-electron chi connectivity index (χ2n) is 6.59. The zero-order valence-corrected chi connectivity index (χ0v) is 13.9. The normalized spacial score (nSPS) is 21.4. The zero-order valence-electron chi connectivity index (χ0n) is 13.9. The molecule has 0 aromatic carbocycles. The Bertz CT molecular complexity index is 715. The van der Waals surface area contributed by atoms with E-state index in [0.717, 1.165) is 38.4 Å². The number of fused-ring (bicyclic) bond motifs is 1. The van der Waals surface area contributed by atoms with E-state index in [1.807, 2.05) is 45.9 Å². The average molecular weight is 326 g/mol. The van der Waals surface area contributed by atoms with Crippen LogP contribution in [0.4, 0.5) is 4.79 Å². The van der Waals surface area contributed by atoms with Gasteiger partial charge >= 0.3 is 6.03 Å². The molecule has 2 aliphatic heterocycles. The molecule has 126 valence electrons. The van der Waals surface area contributed by atoms with E-state index < -0.39 is 0 Å². The molecule has 0 radical (unpaired) electrons. The Morgan fingerprint density at radius 1 is 1.21 bits per heavy atom. The molecule has 0 N–H and O–H groups in total. The molecule has 0 saturated carbocycles. The maximum Gasteiger partial charge on any atom is 0.320 e. The fraction of sp³-hybridized carbons (Fsp3) is 0.471. The summed E-state index contributed by atoms with van der Waals surface area (Å²) >= 11 is 0. The van der Waals surface area contributed by atoms with Crippen LogP contribution in [0.3, 0.4) is 0 Å². The summed E-state index contributed by atoms with van der Waals surface area (Å²) in [6.45, 7) is 4.89. The first-order valence-electron chi connectivity index (χ1n) is 8.34. The van der Waals surface area contributed by atoms with Crippen LogP contribution in [0, 0.1) is 0 Å². The summed E-state index contributed by atoms with van der Waals surface area (Å²) in [6, 6.07) is 6.25. The number of aryl methyl sites for hydroxylation is 1. The molecule has 0 aliphatic carbocycles. The average Bonchev–Trinajstić information content (AvgIpc) is 3.12. The van der Waals surface area contributed by atoms with Crippen LogP contribution in [-0.4, -0.2) is 67.7 Å². The van der Waals surface area contributed by atoms with Crippen LogP contribution in [0.5, 0.6) is 0 Å². The van der Waals surface area contributed by atoms with Gasteiger partial charge in [-0.3, -0.25) is 14.6 Å². The van der Waals surface area contributed by atoms with Gasteiger partial charge in [-0.15, -0.1) is 0 Å². The lowest BCUT2D eigenvalue weighted by Gasteiger charge is -2.36. The number of carbonyl (C=O) groups is 1. The van der Waals surface area contributed by atoms with E-state index in [2.05, 4.69) is 21.2 Å². The van der Waals surface area contributed by atoms with Crippen LogP contribution in [0.1, 0.15) is 11.3 Å². The number of rotatable bonds is 4. The molecule has 0 spiro atoms. The van der Waals surface area contributed by atoms with Gasteiger partial charge in [0.1, 0.15) is 0 Å². The Kier molecular flexibility index (Phi) is 3.93. The van der Waals surface area contributed by atoms with Crippen LogP contribution < -0.4 is 0 Å². The van der Waals surface area contributed by atoms with Gasteiger partial charge in [-0.25, -0.2) is 4.79 Å². The highest BCUT2D eigenvalue weighted by molar-refractivity contribution is 5.77. The lowest BCUT2D eigenvalue weighted by atomic mass is 10.2. The summed E-state index contributed by atoms with van der Waals surface area (Å²) in [5.74, 6) is 0. The van der Waals surface area contributed by atoms with Crippen molar-refractivity contribution in [2.45, 2.75) is 19.1 Å². The molecule has 2 aromatic heterocycles. The number of nitrogens with zero attached hydrogens (tertiary/aromatic N) is 6. The molecule has 2 aliphatic rings. The number of hydrogen-bond acceptors (Lipinski definition) is 4. The molecule has 24 heavy (non-hydrogen) atoms. The second kappa shape index (κ2) is 6.24. The molecular formula is C17H22N6O. The molecule has 4 heterocycles. The van der Waals surface area contributed by atoms with E-state index in [1.54, 1.807) is 6.20 Å². The van der Waals surface area contributed by atoms with Crippen LogP contribution in [0.15, 0.2) is 36.8 Å². The fourth-order valence-corrected chi connectivity index (χ4v) is 3.62. The van der Waals surface area contributed by atoms with Gasteiger partial charge < -0.3 is 9.80 Å². The van der Waals surface area contributed by atoms with Crippen LogP contribution in [0.25, 0.3) is 0 Å². The first-order chi connectivity index (χ1) is 11.7. The van der Waals surface area contributed by atoms with Gasteiger partial charge in [0.05, 0.1) is 24.5 Å². The summed E-state index contributed by atoms with van der Waals surface area (Å²) < 4.78 is 1.83. The smallest absolute Gasteiger partial charge is 0.317 e. The first kappa shape index (κ1) is 15.1. The van der Waals surface area contributed by atoms with Crippen molar-refractivity contribution < 1.29 is 4.79 Å². The highest BCUT2D eigenvalue weighted by atomic mass is 16.2. The lowest BCUT2D eigenvalue weighted by Crippen LogP contribution is -2.51. The zero-order chi connectivity index (χ0) is 16.5. The molecule has 7 heteroatoms. The van der Waals surface area contributed by atoms with Crippen molar-refractivity contribution in [2.24, 2.45) is 7.05 Å².